The molecule has 3 aromatic heterocycles. The molecule has 0 aromatic carbocycles. The lowest BCUT2D eigenvalue weighted by Crippen LogP contribution is -2.42. The molecule has 0 aliphatic carbocycles. The Morgan fingerprint density at radius 2 is 2.17 bits per heavy atom. The summed E-state index contributed by atoms with van der Waals surface area (Å²) in [6, 6.07) is 7.50. The molecule has 29 heavy (non-hydrogen) atoms. The third-order valence-electron chi connectivity index (χ3n) is 5.06. The third kappa shape index (κ3) is 4.59. The summed E-state index contributed by atoms with van der Waals surface area (Å²) in [4.78, 5) is 33.3. The molecule has 4 rings (SSSR count). The Morgan fingerprint density at radius 3 is 2.93 bits per heavy atom. The average Bonchev–Trinajstić information content (AvgIpc) is 3.41. The van der Waals surface area contributed by atoms with Gasteiger partial charge in [-0.3, -0.25) is 14.6 Å². The van der Waals surface area contributed by atoms with E-state index in [0.717, 1.165) is 17.7 Å². The van der Waals surface area contributed by atoms with Crippen molar-refractivity contribution in [3.8, 4) is 10.8 Å². The van der Waals surface area contributed by atoms with Crippen LogP contribution in [-0.2, 0) is 11.2 Å². The zero-order valence-electron chi connectivity index (χ0n) is 16.2. The number of carbonyl (C=O) groups is 2. The Hall–Kier alpha value is -2.87. The van der Waals surface area contributed by atoms with E-state index in [-0.39, 0.29) is 17.6 Å². The van der Waals surface area contributed by atoms with Gasteiger partial charge in [-0.2, -0.15) is 0 Å². The molecule has 0 N–H and O–H groups in total. The third-order valence-corrected chi connectivity index (χ3v) is 6.05. The molecule has 0 saturated carbocycles. The van der Waals surface area contributed by atoms with Crippen LogP contribution in [0.25, 0.3) is 10.8 Å². The molecule has 7 nitrogen and oxygen atoms in total. The minimum Gasteiger partial charge on any atom is -0.420 e. The number of amides is 1. The highest BCUT2D eigenvalue weighted by Gasteiger charge is 2.29. The van der Waals surface area contributed by atoms with Crippen molar-refractivity contribution in [2.45, 2.75) is 32.6 Å². The Balaban J connectivity index is 1.33. The van der Waals surface area contributed by atoms with Gasteiger partial charge in [0.1, 0.15) is 0 Å². The molecule has 1 amide bonds. The number of hydrogen-bond acceptors (Lipinski definition) is 7. The van der Waals surface area contributed by atoms with Gasteiger partial charge >= 0.3 is 0 Å². The molecule has 3 aromatic rings. The smallest absolute Gasteiger partial charge is 0.257 e. The summed E-state index contributed by atoms with van der Waals surface area (Å²) < 4.78 is 5.69. The minimum absolute atomic E-state index is 0.0143. The van der Waals surface area contributed by atoms with Crippen LogP contribution in [0.4, 0.5) is 0 Å². The molecule has 0 spiro atoms. The highest BCUT2D eigenvalue weighted by molar-refractivity contribution is 7.15. The van der Waals surface area contributed by atoms with Gasteiger partial charge in [-0.05, 0) is 44.0 Å². The number of hydrogen-bond donors (Lipinski definition) is 0. The van der Waals surface area contributed by atoms with Crippen molar-refractivity contribution in [3.63, 3.8) is 0 Å². The highest BCUT2D eigenvalue weighted by atomic mass is 32.1. The molecular weight excluding hydrogens is 388 g/mol. The number of ketones is 1. The van der Waals surface area contributed by atoms with Gasteiger partial charge in [0.2, 0.25) is 11.8 Å². The molecule has 0 bridgehead atoms. The van der Waals surface area contributed by atoms with Crippen molar-refractivity contribution in [1.29, 1.82) is 0 Å². The van der Waals surface area contributed by atoms with Crippen molar-refractivity contribution in [2.75, 3.05) is 13.1 Å². The first kappa shape index (κ1) is 19.4. The number of thiophene rings is 1. The quantitative estimate of drug-likeness (QED) is 0.577. The van der Waals surface area contributed by atoms with Crippen LogP contribution >= 0.6 is 11.3 Å². The first-order valence-corrected chi connectivity index (χ1v) is 10.5. The predicted molar refractivity (Wildman–Crippen MR) is 109 cm³/mol. The monoisotopic (exact) mass is 410 g/mol. The fourth-order valence-corrected chi connectivity index (χ4v) is 4.33. The van der Waals surface area contributed by atoms with Crippen LogP contribution in [0, 0.1) is 12.8 Å². The Kier molecular flexibility index (Phi) is 5.80. The molecule has 0 unspecified atom stereocenters. The molecule has 150 valence electrons. The van der Waals surface area contributed by atoms with E-state index in [9.17, 15) is 9.59 Å². The number of pyridine rings is 1. The molecule has 4 heterocycles. The summed E-state index contributed by atoms with van der Waals surface area (Å²) >= 11 is 1.59. The second-order valence-corrected chi connectivity index (χ2v) is 8.48. The first-order chi connectivity index (χ1) is 14.1. The Bertz CT molecular complexity index is 998. The average molecular weight is 410 g/mol. The molecule has 0 radical (unpaired) electrons. The number of likely N-dealkylation sites (tertiary alicyclic amines) is 1. The standard InChI is InChI=1S/C21H22N4O3S/c1-14-6-7-17(29-14)21-24-23-18(28-21)8-9-19(26)25-11-3-5-16(13-25)20(27)15-4-2-10-22-12-15/h2,4,6-7,10,12,16H,3,5,8-9,11,13H2,1H3/t16-/m1/s1. The van der Waals surface area contributed by atoms with Gasteiger partial charge in [0.15, 0.2) is 5.78 Å². The largest absolute Gasteiger partial charge is 0.420 e. The fourth-order valence-electron chi connectivity index (χ4n) is 3.54. The van der Waals surface area contributed by atoms with Gasteiger partial charge in [0, 0.05) is 54.7 Å². The normalized spacial score (nSPS) is 16.7. The van der Waals surface area contributed by atoms with Gasteiger partial charge < -0.3 is 9.32 Å². The van der Waals surface area contributed by atoms with Gasteiger partial charge in [0.25, 0.3) is 5.89 Å². The molecular formula is C21H22N4O3S. The van der Waals surface area contributed by atoms with Crippen molar-refractivity contribution in [1.82, 2.24) is 20.1 Å². The van der Waals surface area contributed by atoms with E-state index in [4.69, 9.17) is 4.42 Å². The van der Waals surface area contributed by atoms with Crippen LogP contribution in [0.5, 0.6) is 0 Å². The van der Waals surface area contributed by atoms with E-state index in [1.807, 2.05) is 19.1 Å². The van der Waals surface area contributed by atoms with Gasteiger partial charge in [-0.15, -0.1) is 21.5 Å². The van der Waals surface area contributed by atoms with Crippen molar-refractivity contribution in [2.24, 2.45) is 5.92 Å². The summed E-state index contributed by atoms with van der Waals surface area (Å²) in [5.41, 5.74) is 0.606. The lowest BCUT2D eigenvalue weighted by molar-refractivity contribution is -0.132. The van der Waals surface area contributed by atoms with E-state index in [1.165, 1.54) is 4.88 Å². The fraction of sp³-hybridized carbons (Fsp3) is 0.381. The summed E-state index contributed by atoms with van der Waals surface area (Å²) in [5, 5.41) is 8.14. The number of aromatic nitrogens is 3. The second-order valence-electron chi connectivity index (χ2n) is 7.20. The van der Waals surface area contributed by atoms with Crippen molar-refractivity contribution < 1.29 is 14.0 Å². The lowest BCUT2D eigenvalue weighted by atomic mass is 9.90. The first-order valence-electron chi connectivity index (χ1n) is 9.71. The second kappa shape index (κ2) is 8.65. The number of nitrogens with zero attached hydrogens (tertiary/aromatic N) is 4. The zero-order chi connectivity index (χ0) is 20.2. The van der Waals surface area contributed by atoms with Crippen molar-refractivity contribution in [3.05, 3.63) is 53.0 Å². The van der Waals surface area contributed by atoms with Crippen LogP contribution in [-0.4, -0.2) is 44.9 Å². The van der Waals surface area contributed by atoms with Crippen LogP contribution < -0.4 is 0 Å². The van der Waals surface area contributed by atoms with Gasteiger partial charge in [0.05, 0.1) is 4.88 Å². The summed E-state index contributed by atoms with van der Waals surface area (Å²) in [5.74, 6) is 0.850. The highest BCUT2D eigenvalue weighted by Crippen LogP contribution is 2.27. The van der Waals surface area contributed by atoms with E-state index in [2.05, 4.69) is 15.2 Å². The summed E-state index contributed by atoms with van der Waals surface area (Å²) in [7, 11) is 0. The van der Waals surface area contributed by atoms with E-state index >= 15 is 0 Å². The Morgan fingerprint density at radius 1 is 1.28 bits per heavy atom. The molecule has 1 atom stereocenters. The molecule has 1 saturated heterocycles. The predicted octanol–water partition coefficient (Wildman–Crippen LogP) is 3.56. The maximum atomic E-state index is 12.7. The maximum Gasteiger partial charge on any atom is 0.257 e. The van der Waals surface area contributed by atoms with E-state index < -0.39 is 0 Å². The maximum absolute atomic E-state index is 12.7. The van der Waals surface area contributed by atoms with Crippen LogP contribution in [0.15, 0.2) is 41.1 Å². The Labute approximate surface area is 172 Å². The molecule has 8 heteroatoms. The number of piperidine rings is 1. The minimum atomic E-state index is -0.172. The molecule has 1 fully saturated rings. The zero-order valence-corrected chi connectivity index (χ0v) is 17.0. The molecule has 1 aliphatic heterocycles. The van der Waals surface area contributed by atoms with Gasteiger partial charge in [-0.1, -0.05) is 0 Å². The van der Waals surface area contributed by atoms with E-state index in [0.29, 0.717) is 43.3 Å². The van der Waals surface area contributed by atoms with Gasteiger partial charge in [-0.25, -0.2) is 0 Å². The topological polar surface area (TPSA) is 89.2 Å². The SMILES string of the molecule is Cc1ccc(-c2nnc(CCC(=O)N3CCC[C@@H](C(=O)c4cccnc4)C3)o2)s1. The van der Waals surface area contributed by atoms with Crippen LogP contribution in [0.1, 0.15) is 40.4 Å². The van der Waals surface area contributed by atoms with E-state index in [1.54, 1.807) is 40.8 Å². The lowest BCUT2D eigenvalue weighted by Gasteiger charge is -2.32. The number of Topliss-reactive ketones (excluding diaryl/α,β-unsaturated/α-hetero) is 1. The van der Waals surface area contributed by atoms with Crippen LogP contribution in [0.2, 0.25) is 0 Å². The van der Waals surface area contributed by atoms with Crippen LogP contribution in [0.3, 0.4) is 0 Å². The number of aryl methyl sites for hydroxylation is 2. The summed E-state index contributed by atoms with van der Waals surface area (Å²) in [6.07, 6.45) is 5.55. The number of carbonyl (C=O) groups excluding carboxylic acids is 2. The van der Waals surface area contributed by atoms with Crippen molar-refractivity contribution >= 4 is 23.0 Å². The molecule has 1 aliphatic rings. The number of rotatable bonds is 6. The summed E-state index contributed by atoms with van der Waals surface area (Å²) in [6.45, 7) is 3.16.